The van der Waals surface area contributed by atoms with E-state index >= 15 is 0 Å². The third-order valence-corrected chi connectivity index (χ3v) is 3.31. The summed E-state index contributed by atoms with van der Waals surface area (Å²) in [7, 11) is 0. The lowest BCUT2D eigenvalue weighted by Crippen LogP contribution is -1.99. The van der Waals surface area contributed by atoms with Crippen LogP contribution in [0.25, 0.3) is 10.9 Å². The van der Waals surface area contributed by atoms with Crippen molar-refractivity contribution in [3.63, 3.8) is 0 Å². The Morgan fingerprint density at radius 1 is 1.06 bits per heavy atom. The number of fused-ring (bicyclic) bond motifs is 1. The number of hydrogen-bond donors (Lipinski definition) is 1. The van der Waals surface area contributed by atoms with Crippen LogP contribution in [0.3, 0.4) is 0 Å². The molecule has 1 heterocycles. The molecule has 0 amide bonds. The van der Waals surface area contributed by atoms with Gasteiger partial charge in [-0.2, -0.15) is 0 Å². The Morgan fingerprint density at radius 3 is 2.65 bits per heavy atom. The van der Waals surface area contributed by atoms with Gasteiger partial charge in [-0.25, -0.2) is 0 Å². The molecular weight excluding hydrogens is 210 g/mol. The maximum Gasteiger partial charge on any atom is 0.0482 e. The lowest BCUT2D eigenvalue weighted by Gasteiger charge is -2.07. The molecule has 2 heteroatoms. The molecule has 0 aliphatic carbocycles. The van der Waals surface area contributed by atoms with Gasteiger partial charge in [0.05, 0.1) is 0 Å². The molecule has 2 nitrogen and oxygen atoms in total. The van der Waals surface area contributed by atoms with Crippen molar-refractivity contribution >= 4 is 10.9 Å². The summed E-state index contributed by atoms with van der Waals surface area (Å²) in [5, 5.41) is 10.1. The average molecular weight is 231 g/mol. The predicted molar refractivity (Wildman–Crippen MR) is 72.2 cm³/mol. The summed E-state index contributed by atoms with van der Waals surface area (Å²) in [6.07, 6.45) is 4.46. The molecule has 1 aromatic carbocycles. The average Bonchev–Trinajstić information content (AvgIpc) is 2.65. The van der Waals surface area contributed by atoms with Crippen molar-refractivity contribution in [2.75, 3.05) is 6.61 Å². The molecular formula is C15H21NO. The van der Waals surface area contributed by atoms with Crippen molar-refractivity contribution in [2.24, 2.45) is 0 Å². The molecule has 0 spiro atoms. The highest BCUT2D eigenvalue weighted by Crippen LogP contribution is 2.19. The molecule has 1 N–H and O–H groups in total. The van der Waals surface area contributed by atoms with E-state index in [1.54, 1.807) is 0 Å². The normalized spacial score (nSPS) is 11.2. The quantitative estimate of drug-likeness (QED) is 0.756. The number of aliphatic hydroxyl groups excluding tert-OH is 1. The Bertz CT molecular complexity index is 473. The smallest absolute Gasteiger partial charge is 0.0482 e. The largest absolute Gasteiger partial charge is 0.396 e. The van der Waals surface area contributed by atoms with Crippen LogP contribution in [0, 0.1) is 6.92 Å². The minimum absolute atomic E-state index is 0.325. The zero-order valence-electron chi connectivity index (χ0n) is 10.5. The molecule has 0 unspecified atom stereocenters. The second-order valence-corrected chi connectivity index (χ2v) is 4.63. The lowest BCUT2D eigenvalue weighted by atomic mass is 10.2. The van der Waals surface area contributed by atoms with E-state index in [1.165, 1.54) is 29.4 Å². The third kappa shape index (κ3) is 2.89. The van der Waals surface area contributed by atoms with Crippen LogP contribution in [0.5, 0.6) is 0 Å². The van der Waals surface area contributed by atoms with Crippen molar-refractivity contribution in [3.8, 4) is 0 Å². The fourth-order valence-corrected chi connectivity index (χ4v) is 2.38. The van der Waals surface area contributed by atoms with Crippen LogP contribution in [-0.2, 0) is 6.54 Å². The van der Waals surface area contributed by atoms with E-state index in [4.69, 9.17) is 5.11 Å². The Balaban J connectivity index is 2.00. The van der Waals surface area contributed by atoms with Crippen LogP contribution in [-0.4, -0.2) is 16.3 Å². The molecule has 2 rings (SSSR count). The highest BCUT2D eigenvalue weighted by molar-refractivity contribution is 5.81. The van der Waals surface area contributed by atoms with E-state index in [9.17, 15) is 0 Å². The Morgan fingerprint density at radius 2 is 1.82 bits per heavy atom. The number of rotatable bonds is 6. The molecule has 0 radical (unpaired) electrons. The zero-order chi connectivity index (χ0) is 12.1. The van der Waals surface area contributed by atoms with E-state index in [2.05, 4.69) is 41.8 Å². The van der Waals surface area contributed by atoms with Crippen LogP contribution < -0.4 is 0 Å². The summed E-state index contributed by atoms with van der Waals surface area (Å²) in [6, 6.07) is 10.8. The number of nitrogens with zero attached hydrogens (tertiary/aromatic N) is 1. The molecule has 0 atom stereocenters. The summed E-state index contributed by atoms with van der Waals surface area (Å²) in [5.41, 5.74) is 2.68. The fourth-order valence-electron chi connectivity index (χ4n) is 2.38. The van der Waals surface area contributed by atoms with E-state index in [0.717, 1.165) is 19.4 Å². The minimum Gasteiger partial charge on any atom is -0.396 e. The molecule has 0 aliphatic rings. The van der Waals surface area contributed by atoms with Gasteiger partial charge in [0.15, 0.2) is 0 Å². The fraction of sp³-hybridized carbons (Fsp3) is 0.467. The first-order chi connectivity index (χ1) is 8.33. The van der Waals surface area contributed by atoms with Gasteiger partial charge in [-0.3, -0.25) is 0 Å². The molecule has 92 valence electrons. The van der Waals surface area contributed by atoms with Gasteiger partial charge in [0.2, 0.25) is 0 Å². The van der Waals surface area contributed by atoms with Gasteiger partial charge in [0.1, 0.15) is 0 Å². The Hall–Kier alpha value is -1.28. The van der Waals surface area contributed by atoms with Crippen molar-refractivity contribution in [2.45, 2.75) is 39.2 Å². The molecule has 1 aromatic heterocycles. The van der Waals surface area contributed by atoms with Gasteiger partial charge in [-0.05, 0) is 37.3 Å². The van der Waals surface area contributed by atoms with Crippen LogP contribution in [0.4, 0.5) is 0 Å². The predicted octanol–water partition coefficient (Wildman–Crippen LogP) is 3.50. The molecule has 0 aliphatic heterocycles. The van der Waals surface area contributed by atoms with Crippen LogP contribution in [0.15, 0.2) is 30.3 Å². The minimum atomic E-state index is 0.325. The van der Waals surface area contributed by atoms with Crippen molar-refractivity contribution in [3.05, 3.63) is 36.0 Å². The van der Waals surface area contributed by atoms with Gasteiger partial charge in [0, 0.05) is 24.4 Å². The SMILES string of the molecule is Cc1cc2ccccc2n1CCCCCCO. The molecule has 0 bridgehead atoms. The number of benzene rings is 1. The number of unbranched alkanes of at least 4 members (excludes halogenated alkanes) is 3. The van der Waals surface area contributed by atoms with Crippen LogP contribution >= 0.6 is 0 Å². The topological polar surface area (TPSA) is 25.2 Å². The highest BCUT2D eigenvalue weighted by Gasteiger charge is 2.03. The Kier molecular flexibility index (Phi) is 4.21. The summed E-state index contributed by atoms with van der Waals surface area (Å²) >= 11 is 0. The first-order valence-electron chi connectivity index (χ1n) is 6.48. The van der Waals surface area contributed by atoms with E-state index in [-0.39, 0.29) is 0 Å². The van der Waals surface area contributed by atoms with Crippen molar-refractivity contribution in [1.29, 1.82) is 0 Å². The number of aliphatic hydroxyl groups is 1. The highest BCUT2D eigenvalue weighted by atomic mass is 16.2. The second-order valence-electron chi connectivity index (χ2n) is 4.63. The summed E-state index contributed by atoms with van der Waals surface area (Å²) in [4.78, 5) is 0. The van der Waals surface area contributed by atoms with E-state index in [1.807, 2.05) is 0 Å². The molecule has 2 aromatic rings. The maximum atomic E-state index is 8.73. The van der Waals surface area contributed by atoms with E-state index < -0.39 is 0 Å². The first-order valence-corrected chi connectivity index (χ1v) is 6.48. The molecule has 0 saturated heterocycles. The molecule has 17 heavy (non-hydrogen) atoms. The number of hydrogen-bond acceptors (Lipinski definition) is 1. The van der Waals surface area contributed by atoms with Gasteiger partial charge in [-0.1, -0.05) is 31.0 Å². The third-order valence-electron chi connectivity index (χ3n) is 3.31. The monoisotopic (exact) mass is 231 g/mol. The lowest BCUT2D eigenvalue weighted by molar-refractivity contribution is 0.282. The van der Waals surface area contributed by atoms with Crippen LogP contribution in [0.2, 0.25) is 0 Å². The second kappa shape index (κ2) is 5.87. The van der Waals surface area contributed by atoms with Crippen molar-refractivity contribution < 1.29 is 5.11 Å². The number of para-hydroxylation sites is 1. The van der Waals surface area contributed by atoms with Gasteiger partial charge in [-0.15, -0.1) is 0 Å². The van der Waals surface area contributed by atoms with Crippen molar-refractivity contribution in [1.82, 2.24) is 4.57 Å². The van der Waals surface area contributed by atoms with Crippen LogP contribution in [0.1, 0.15) is 31.4 Å². The van der Waals surface area contributed by atoms with E-state index in [0.29, 0.717) is 6.61 Å². The number of aromatic nitrogens is 1. The summed E-state index contributed by atoms with van der Waals surface area (Å²) in [5.74, 6) is 0. The van der Waals surface area contributed by atoms with Gasteiger partial charge >= 0.3 is 0 Å². The summed E-state index contributed by atoms with van der Waals surface area (Å²) in [6.45, 7) is 3.59. The summed E-state index contributed by atoms with van der Waals surface area (Å²) < 4.78 is 2.40. The maximum absolute atomic E-state index is 8.73. The zero-order valence-corrected chi connectivity index (χ0v) is 10.5. The standard InChI is InChI=1S/C15H21NO/c1-13-12-14-8-4-5-9-15(14)16(13)10-6-2-3-7-11-17/h4-5,8-9,12,17H,2-3,6-7,10-11H2,1H3. The van der Waals surface area contributed by atoms with Gasteiger partial charge in [0.25, 0.3) is 0 Å². The first kappa shape index (κ1) is 12.2. The Labute approximate surface area is 103 Å². The number of aryl methyl sites for hydroxylation is 2. The van der Waals surface area contributed by atoms with Gasteiger partial charge < -0.3 is 9.67 Å². The molecule has 0 fully saturated rings. The molecule has 0 saturated carbocycles.